The van der Waals surface area contributed by atoms with Crippen LogP contribution in [0.2, 0.25) is 0 Å². The fourth-order valence-corrected chi connectivity index (χ4v) is 2.72. The largest absolute Gasteiger partial charge is 0.493 e. The summed E-state index contributed by atoms with van der Waals surface area (Å²) in [5, 5.41) is 14.8. The molecular weight excluding hydrogens is 286 g/mol. The summed E-state index contributed by atoms with van der Waals surface area (Å²) >= 11 is 0. The second-order valence-electron chi connectivity index (χ2n) is 5.43. The summed E-state index contributed by atoms with van der Waals surface area (Å²) in [6, 6.07) is 19.9. The molecule has 0 aliphatic rings. The molecule has 4 heteroatoms. The Morgan fingerprint density at radius 1 is 0.870 bits per heavy atom. The fourth-order valence-electron chi connectivity index (χ4n) is 2.72. The van der Waals surface area contributed by atoms with Crippen LogP contribution in [0.3, 0.4) is 0 Å². The van der Waals surface area contributed by atoms with Crippen LogP contribution in [0, 0.1) is 0 Å². The lowest BCUT2D eigenvalue weighted by Crippen LogP contribution is -1.98. The van der Waals surface area contributed by atoms with Crippen LogP contribution >= 0.6 is 0 Å². The Morgan fingerprint density at radius 3 is 2.30 bits per heavy atom. The van der Waals surface area contributed by atoms with Gasteiger partial charge in [0, 0.05) is 23.7 Å². The third-order valence-corrected chi connectivity index (χ3v) is 3.90. The van der Waals surface area contributed by atoms with Crippen molar-refractivity contribution in [2.24, 2.45) is 0 Å². The molecule has 0 aliphatic heterocycles. The quantitative estimate of drug-likeness (QED) is 0.628. The maximum Gasteiger partial charge on any atom is 0.219 e. The molecule has 0 aliphatic carbocycles. The maximum atomic E-state index is 10.5. The average molecular weight is 301 g/mol. The molecule has 0 radical (unpaired) electrons. The number of aromatic hydroxyl groups is 1. The van der Waals surface area contributed by atoms with Crippen molar-refractivity contribution >= 4 is 5.65 Å². The molecule has 23 heavy (non-hydrogen) atoms. The van der Waals surface area contributed by atoms with Crippen LogP contribution < -0.4 is 0 Å². The van der Waals surface area contributed by atoms with Gasteiger partial charge in [-0.1, -0.05) is 60.7 Å². The van der Waals surface area contributed by atoms with Gasteiger partial charge >= 0.3 is 0 Å². The van der Waals surface area contributed by atoms with Gasteiger partial charge in [-0.05, 0) is 11.1 Å². The Kier molecular flexibility index (Phi) is 3.27. The first-order valence-electron chi connectivity index (χ1n) is 7.47. The van der Waals surface area contributed by atoms with Crippen LogP contribution in [0.25, 0.3) is 16.8 Å². The van der Waals surface area contributed by atoms with Crippen LogP contribution in [0.5, 0.6) is 5.88 Å². The van der Waals surface area contributed by atoms with Gasteiger partial charge in [0.15, 0.2) is 5.65 Å². The number of fused-ring (bicyclic) bond motifs is 1. The molecule has 112 valence electrons. The van der Waals surface area contributed by atoms with Gasteiger partial charge < -0.3 is 5.11 Å². The van der Waals surface area contributed by atoms with Gasteiger partial charge in [0.25, 0.3) is 0 Å². The highest BCUT2D eigenvalue weighted by Crippen LogP contribution is 2.27. The smallest absolute Gasteiger partial charge is 0.219 e. The number of benzene rings is 2. The van der Waals surface area contributed by atoms with E-state index in [4.69, 9.17) is 0 Å². The third-order valence-electron chi connectivity index (χ3n) is 3.90. The summed E-state index contributed by atoms with van der Waals surface area (Å²) < 4.78 is 1.50. The summed E-state index contributed by atoms with van der Waals surface area (Å²) in [7, 11) is 0. The Balaban J connectivity index is 1.78. The molecule has 0 amide bonds. The van der Waals surface area contributed by atoms with E-state index >= 15 is 0 Å². The molecule has 2 heterocycles. The molecule has 2 aromatic heterocycles. The highest BCUT2D eigenvalue weighted by Gasteiger charge is 2.13. The molecule has 0 atom stereocenters. The summed E-state index contributed by atoms with van der Waals surface area (Å²) in [6.45, 7) is 0. The van der Waals surface area contributed by atoms with Crippen molar-refractivity contribution in [3.63, 3.8) is 0 Å². The zero-order chi connectivity index (χ0) is 15.6. The molecule has 0 bridgehead atoms. The van der Waals surface area contributed by atoms with Gasteiger partial charge in [0.05, 0.1) is 6.20 Å². The van der Waals surface area contributed by atoms with Gasteiger partial charge in [-0.15, -0.1) is 0 Å². The standard InChI is InChI=1S/C19H15N3O/c23-19-16(11-14-7-3-1-4-8-14)12-20-18-17(13-21-22(18)19)15-9-5-2-6-10-15/h1-10,12-13,23H,11H2. The zero-order valence-electron chi connectivity index (χ0n) is 12.4. The molecule has 0 saturated carbocycles. The van der Waals surface area contributed by atoms with Crippen molar-refractivity contribution in [1.82, 2.24) is 14.6 Å². The van der Waals surface area contributed by atoms with Gasteiger partial charge in [0.2, 0.25) is 5.88 Å². The second kappa shape index (κ2) is 5.57. The van der Waals surface area contributed by atoms with Crippen molar-refractivity contribution in [1.29, 1.82) is 0 Å². The normalized spacial score (nSPS) is 11.0. The SMILES string of the molecule is Oc1c(Cc2ccccc2)cnc2c(-c3ccccc3)cnn12. The minimum atomic E-state index is 0.140. The van der Waals surface area contributed by atoms with E-state index in [9.17, 15) is 5.11 Å². The minimum absolute atomic E-state index is 0.140. The van der Waals surface area contributed by atoms with E-state index in [1.807, 2.05) is 60.7 Å². The molecule has 4 rings (SSSR count). The molecule has 4 aromatic rings. The Morgan fingerprint density at radius 2 is 1.57 bits per heavy atom. The zero-order valence-corrected chi connectivity index (χ0v) is 12.4. The van der Waals surface area contributed by atoms with E-state index in [1.54, 1.807) is 12.4 Å². The molecule has 0 spiro atoms. The van der Waals surface area contributed by atoms with Crippen molar-refractivity contribution < 1.29 is 5.11 Å². The summed E-state index contributed by atoms with van der Waals surface area (Å²) in [5.41, 5.74) is 4.48. The monoisotopic (exact) mass is 301 g/mol. The van der Waals surface area contributed by atoms with Gasteiger partial charge in [-0.3, -0.25) is 0 Å². The average Bonchev–Trinajstić information content (AvgIpc) is 3.04. The summed E-state index contributed by atoms with van der Waals surface area (Å²) in [5.74, 6) is 0.140. The van der Waals surface area contributed by atoms with Gasteiger partial charge in [0.1, 0.15) is 0 Å². The van der Waals surface area contributed by atoms with Gasteiger partial charge in [-0.25, -0.2) is 4.98 Å². The number of hydrogen-bond donors (Lipinski definition) is 1. The highest BCUT2D eigenvalue weighted by atomic mass is 16.3. The van der Waals surface area contributed by atoms with E-state index in [1.165, 1.54) is 4.52 Å². The van der Waals surface area contributed by atoms with E-state index in [2.05, 4.69) is 10.1 Å². The molecule has 0 saturated heterocycles. The number of nitrogens with zero attached hydrogens (tertiary/aromatic N) is 3. The third kappa shape index (κ3) is 2.44. The van der Waals surface area contributed by atoms with E-state index in [0.29, 0.717) is 12.1 Å². The van der Waals surface area contributed by atoms with E-state index in [-0.39, 0.29) is 5.88 Å². The van der Waals surface area contributed by atoms with Crippen molar-refractivity contribution in [3.05, 3.63) is 84.2 Å². The first kappa shape index (κ1) is 13.5. The van der Waals surface area contributed by atoms with Crippen molar-refractivity contribution in [2.45, 2.75) is 6.42 Å². The lowest BCUT2D eigenvalue weighted by atomic mass is 10.1. The Bertz CT molecular complexity index is 946. The predicted molar refractivity (Wildman–Crippen MR) is 89.3 cm³/mol. The molecule has 2 aromatic carbocycles. The molecular formula is C19H15N3O. The molecule has 4 nitrogen and oxygen atoms in total. The molecule has 0 unspecified atom stereocenters. The van der Waals surface area contributed by atoms with Gasteiger partial charge in [-0.2, -0.15) is 9.61 Å². The maximum absolute atomic E-state index is 10.5. The Hall–Kier alpha value is -3.14. The van der Waals surface area contributed by atoms with Crippen molar-refractivity contribution in [2.75, 3.05) is 0 Å². The first-order valence-corrected chi connectivity index (χ1v) is 7.47. The van der Waals surface area contributed by atoms with Crippen LogP contribution in [0.4, 0.5) is 0 Å². The molecule has 1 N–H and O–H groups in total. The second-order valence-corrected chi connectivity index (χ2v) is 5.43. The van der Waals surface area contributed by atoms with Crippen molar-refractivity contribution in [3.8, 4) is 17.0 Å². The number of rotatable bonds is 3. The number of hydrogen-bond acceptors (Lipinski definition) is 3. The lowest BCUT2D eigenvalue weighted by Gasteiger charge is -2.06. The highest BCUT2D eigenvalue weighted by molar-refractivity contribution is 5.77. The van der Waals surface area contributed by atoms with Crippen LogP contribution in [-0.2, 0) is 6.42 Å². The topological polar surface area (TPSA) is 50.4 Å². The summed E-state index contributed by atoms with van der Waals surface area (Å²) in [4.78, 5) is 4.51. The fraction of sp³-hybridized carbons (Fsp3) is 0.0526. The number of aromatic nitrogens is 3. The van der Waals surface area contributed by atoms with E-state index in [0.717, 1.165) is 22.3 Å². The van der Waals surface area contributed by atoms with Crippen LogP contribution in [0.1, 0.15) is 11.1 Å². The minimum Gasteiger partial charge on any atom is -0.493 e. The lowest BCUT2D eigenvalue weighted by molar-refractivity contribution is 0.429. The van der Waals surface area contributed by atoms with Crippen LogP contribution in [-0.4, -0.2) is 19.7 Å². The molecule has 0 fully saturated rings. The van der Waals surface area contributed by atoms with Crippen LogP contribution in [0.15, 0.2) is 73.1 Å². The van der Waals surface area contributed by atoms with E-state index < -0.39 is 0 Å². The predicted octanol–water partition coefficient (Wildman–Crippen LogP) is 3.69. The first-order chi connectivity index (χ1) is 11.3. The summed E-state index contributed by atoms with van der Waals surface area (Å²) in [6.07, 6.45) is 4.09. The Labute approximate surface area is 133 Å².